The standard InChI is InChI=1S/C16H27NO7/c1-9(11(3)19)6-17(12(4)20)16-15(23-8-10(2)22-5)14(21)13(7-18)24-16/h6,10,13-16,18,21H,7-8H2,1-5H3/b9-6-/t10?,13-,14?,15+,16-/m1/s1. The van der Waals surface area contributed by atoms with Crippen LogP contribution in [0.2, 0.25) is 0 Å². The van der Waals surface area contributed by atoms with E-state index in [9.17, 15) is 19.8 Å². The summed E-state index contributed by atoms with van der Waals surface area (Å²) >= 11 is 0. The Bertz CT molecular complexity index is 479. The highest BCUT2D eigenvalue weighted by molar-refractivity contribution is 5.93. The summed E-state index contributed by atoms with van der Waals surface area (Å²) in [5, 5.41) is 19.7. The summed E-state index contributed by atoms with van der Waals surface area (Å²) in [6.45, 7) is 5.84. The molecule has 138 valence electrons. The van der Waals surface area contributed by atoms with Crippen molar-refractivity contribution in [1.82, 2.24) is 4.90 Å². The molecule has 8 nitrogen and oxygen atoms in total. The monoisotopic (exact) mass is 345 g/mol. The van der Waals surface area contributed by atoms with Gasteiger partial charge >= 0.3 is 0 Å². The van der Waals surface area contributed by atoms with Gasteiger partial charge in [0, 0.05) is 25.8 Å². The minimum absolute atomic E-state index is 0.178. The molecule has 1 heterocycles. The smallest absolute Gasteiger partial charge is 0.225 e. The number of allylic oxidation sites excluding steroid dienone is 1. The zero-order valence-electron chi connectivity index (χ0n) is 14.8. The van der Waals surface area contributed by atoms with Crippen LogP contribution in [0.15, 0.2) is 11.8 Å². The summed E-state index contributed by atoms with van der Waals surface area (Å²) in [5.74, 6) is -0.566. The van der Waals surface area contributed by atoms with E-state index in [1.807, 2.05) is 0 Å². The molecule has 1 fully saturated rings. The number of aliphatic hydroxyl groups is 2. The summed E-state index contributed by atoms with van der Waals surface area (Å²) in [7, 11) is 1.53. The quantitative estimate of drug-likeness (QED) is 0.588. The highest BCUT2D eigenvalue weighted by Crippen LogP contribution is 2.27. The maximum absolute atomic E-state index is 12.0. The first-order valence-corrected chi connectivity index (χ1v) is 7.79. The molecule has 0 spiro atoms. The van der Waals surface area contributed by atoms with Crippen LogP contribution in [0.5, 0.6) is 0 Å². The zero-order valence-corrected chi connectivity index (χ0v) is 14.8. The Morgan fingerprint density at radius 2 is 1.96 bits per heavy atom. The molecule has 24 heavy (non-hydrogen) atoms. The Balaban J connectivity index is 3.05. The van der Waals surface area contributed by atoms with Gasteiger partial charge in [-0.25, -0.2) is 0 Å². The second kappa shape index (κ2) is 9.24. The molecule has 1 aliphatic heterocycles. The third-order valence-corrected chi connectivity index (χ3v) is 3.94. The normalized spacial score (nSPS) is 28.7. The van der Waals surface area contributed by atoms with E-state index in [1.54, 1.807) is 13.8 Å². The van der Waals surface area contributed by atoms with Crippen LogP contribution in [0.4, 0.5) is 0 Å². The molecule has 0 aromatic heterocycles. The fourth-order valence-corrected chi connectivity index (χ4v) is 2.23. The number of ketones is 1. The molecule has 1 amide bonds. The second-order valence-corrected chi connectivity index (χ2v) is 5.88. The predicted molar refractivity (Wildman–Crippen MR) is 84.9 cm³/mol. The lowest BCUT2D eigenvalue weighted by Gasteiger charge is -2.30. The summed E-state index contributed by atoms with van der Waals surface area (Å²) in [5.41, 5.74) is 0.361. The van der Waals surface area contributed by atoms with Gasteiger partial charge in [-0.1, -0.05) is 0 Å². The average Bonchev–Trinajstić information content (AvgIpc) is 2.85. The van der Waals surface area contributed by atoms with Crippen LogP contribution in [0.3, 0.4) is 0 Å². The van der Waals surface area contributed by atoms with E-state index in [-0.39, 0.29) is 24.4 Å². The Morgan fingerprint density at radius 1 is 1.33 bits per heavy atom. The van der Waals surface area contributed by atoms with Crippen molar-refractivity contribution in [2.45, 2.75) is 58.3 Å². The largest absolute Gasteiger partial charge is 0.394 e. The molecule has 0 bridgehead atoms. The maximum atomic E-state index is 12.0. The van der Waals surface area contributed by atoms with Crippen LogP contribution >= 0.6 is 0 Å². The van der Waals surface area contributed by atoms with E-state index < -0.39 is 31.1 Å². The lowest BCUT2D eigenvalue weighted by atomic mass is 10.1. The van der Waals surface area contributed by atoms with Gasteiger partial charge in [0.1, 0.15) is 18.3 Å². The van der Waals surface area contributed by atoms with Crippen molar-refractivity contribution in [3.05, 3.63) is 11.8 Å². The van der Waals surface area contributed by atoms with Gasteiger partial charge in [-0.05, 0) is 20.8 Å². The number of ether oxygens (including phenoxy) is 3. The number of nitrogens with zero attached hydrogens (tertiary/aromatic N) is 1. The molecule has 1 saturated heterocycles. The molecule has 0 saturated carbocycles. The molecule has 8 heteroatoms. The summed E-state index contributed by atoms with van der Waals surface area (Å²) in [6, 6.07) is 0. The van der Waals surface area contributed by atoms with Crippen molar-refractivity contribution in [2.75, 3.05) is 20.3 Å². The first-order valence-electron chi connectivity index (χ1n) is 7.79. The van der Waals surface area contributed by atoms with Gasteiger partial charge in [0.25, 0.3) is 0 Å². The number of hydrogen-bond donors (Lipinski definition) is 2. The van der Waals surface area contributed by atoms with Gasteiger partial charge in [0.2, 0.25) is 5.91 Å². The first kappa shape index (κ1) is 20.7. The highest BCUT2D eigenvalue weighted by Gasteiger charge is 2.47. The van der Waals surface area contributed by atoms with Gasteiger partial charge in [-0.3, -0.25) is 14.5 Å². The van der Waals surface area contributed by atoms with Gasteiger partial charge < -0.3 is 24.4 Å². The zero-order chi connectivity index (χ0) is 18.4. The van der Waals surface area contributed by atoms with E-state index in [0.29, 0.717) is 5.57 Å². The number of methoxy groups -OCH3 is 1. The number of carbonyl (C=O) groups is 2. The van der Waals surface area contributed by atoms with Crippen molar-refractivity contribution < 1.29 is 34.0 Å². The fraction of sp³-hybridized carbons (Fsp3) is 0.750. The van der Waals surface area contributed by atoms with Crippen LogP contribution in [0.1, 0.15) is 27.7 Å². The number of rotatable bonds is 8. The molecule has 5 atom stereocenters. The summed E-state index contributed by atoms with van der Waals surface area (Å²) < 4.78 is 16.4. The van der Waals surface area contributed by atoms with E-state index >= 15 is 0 Å². The van der Waals surface area contributed by atoms with Crippen LogP contribution in [-0.4, -0.2) is 77.8 Å². The van der Waals surface area contributed by atoms with Gasteiger partial charge in [0.15, 0.2) is 12.0 Å². The van der Waals surface area contributed by atoms with E-state index in [4.69, 9.17) is 14.2 Å². The molecule has 1 rings (SSSR count). The number of Topliss-reactive ketones (excluding diaryl/α,β-unsaturated/α-hetero) is 1. The van der Waals surface area contributed by atoms with Crippen molar-refractivity contribution in [1.29, 1.82) is 0 Å². The molecular weight excluding hydrogens is 318 g/mol. The van der Waals surface area contributed by atoms with Crippen molar-refractivity contribution in [3.63, 3.8) is 0 Å². The minimum Gasteiger partial charge on any atom is -0.394 e. The van der Waals surface area contributed by atoms with E-state index in [0.717, 1.165) is 0 Å². The lowest BCUT2D eigenvalue weighted by Crippen LogP contribution is -2.46. The number of amides is 1. The van der Waals surface area contributed by atoms with E-state index in [2.05, 4.69) is 0 Å². The van der Waals surface area contributed by atoms with Crippen LogP contribution in [-0.2, 0) is 23.8 Å². The molecule has 0 aliphatic carbocycles. The molecule has 0 aromatic carbocycles. The first-order chi connectivity index (χ1) is 11.2. The summed E-state index contributed by atoms with van der Waals surface area (Å²) in [6.07, 6.45) is -2.67. The Kier molecular flexibility index (Phi) is 7.98. The van der Waals surface area contributed by atoms with Crippen molar-refractivity contribution in [3.8, 4) is 0 Å². The van der Waals surface area contributed by atoms with Gasteiger partial charge in [-0.15, -0.1) is 0 Å². The number of aliphatic hydroxyl groups excluding tert-OH is 2. The fourth-order valence-electron chi connectivity index (χ4n) is 2.23. The van der Waals surface area contributed by atoms with Gasteiger partial charge in [-0.2, -0.15) is 0 Å². The number of carbonyl (C=O) groups excluding carboxylic acids is 2. The van der Waals surface area contributed by atoms with E-state index in [1.165, 1.54) is 32.1 Å². The molecule has 0 aromatic rings. The van der Waals surface area contributed by atoms with Crippen LogP contribution < -0.4 is 0 Å². The Labute approximate surface area is 142 Å². The molecule has 0 radical (unpaired) electrons. The van der Waals surface area contributed by atoms with Gasteiger partial charge in [0.05, 0.1) is 19.3 Å². The third-order valence-electron chi connectivity index (χ3n) is 3.94. The second-order valence-electron chi connectivity index (χ2n) is 5.88. The Hall–Kier alpha value is -1.32. The summed E-state index contributed by atoms with van der Waals surface area (Å²) in [4.78, 5) is 24.7. The van der Waals surface area contributed by atoms with Crippen molar-refractivity contribution >= 4 is 11.7 Å². The maximum Gasteiger partial charge on any atom is 0.225 e. The predicted octanol–water partition coefficient (Wildman–Crippen LogP) is -0.174. The molecule has 1 aliphatic rings. The van der Waals surface area contributed by atoms with Crippen LogP contribution in [0, 0.1) is 0 Å². The minimum atomic E-state index is -1.11. The topological polar surface area (TPSA) is 106 Å². The van der Waals surface area contributed by atoms with Crippen LogP contribution in [0.25, 0.3) is 0 Å². The highest BCUT2D eigenvalue weighted by atomic mass is 16.6. The van der Waals surface area contributed by atoms with Crippen molar-refractivity contribution in [2.24, 2.45) is 0 Å². The SMILES string of the molecule is COC(C)CO[C@H]1C(O)[C@@H](CO)O[C@H]1N(/C=C(/C)C(C)=O)C(C)=O. The molecular formula is C16H27NO7. The lowest BCUT2D eigenvalue weighted by molar-refractivity contribution is -0.149. The molecule has 2 N–H and O–H groups in total. The average molecular weight is 345 g/mol. The third kappa shape index (κ3) is 5.09. The Morgan fingerprint density at radius 3 is 2.42 bits per heavy atom. The molecule has 2 unspecified atom stereocenters. The number of hydrogen-bond acceptors (Lipinski definition) is 7.